The van der Waals surface area contributed by atoms with Crippen molar-refractivity contribution in [1.82, 2.24) is 10.2 Å². The van der Waals surface area contributed by atoms with Crippen molar-refractivity contribution < 1.29 is 18.7 Å². The van der Waals surface area contributed by atoms with Crippen molar-refractivity contribution in [3.8, 4) is 0 Å². The lowest BCUT2D eigenvalue weighted by molar-refractivity contribution is -0.122. The molecule has 4 rings (SSSR count). The number of amides is 2. The molecule has 2 fully saturated rings. The van der Waals surface area contributed by atoms with Gasteiger partial charge in [0.1, 0.15) is 11.3 Å². The molecule has 0 saturated carbocycles. The summed E-state index contributed by atoms with van der Waals surface area (Å²) in [7, 11) is 0. The van der Waals surface area contributed by atoms with Gasteiger partial charge in [-0.2, -0.15) is 0 Å². The minimum absolute atomic E-state index is 0.0836. The van der Waals surface area contributed by atoms with E-state index in [4.69, 9.17) is 4.74 Å². The molecule has 3 aliphatic heterocycles. The Balaban J connectivity index is 1.59. The molecule has 2 saturated heterocycles. The van der Waals surface area contributed by atoms with Crippen LogP contribution in [0.4, 0.5) is 9.18 Å². The zero-order valence-corrected chi connectivity index (χ0v) is 16.7. The lowest BCUT2D eigenvalue weighted by Gasteiger charge is -2.42. The lowest BCUT2D eigenvalue weighted by atomic mass is 9.66. The fourth-order valence-corrected chi connectivity index (χ4v) is 4.48. The van der Waals surface area contributed by atoms with Crippen molar-refractivity contribution in [2.24, 2.45) is 16.3 Å². The third-order valence-corrected chi connectivity index (χ3v) is 6.06. The molecule has 4 aliphatic rings. The van der Waals surface area contributed by atoms with Gasteiger partial charge in [-0.25, -0.2) is 9.18 Å². The number of nitrogens with zero attached hydrogens (tertiary/aromatic N) is 2. The van der Waals surface area contributed by atoms with Crippen molar-refractivity contribution in [2.75, 3.05) is 13.1 Å². The van der Waals surface area contributed by atoms with Gasteiger partial charge in [-0.15, -0.1) is 0 Å². The Kier molecular flexibility index (Phi) is 4.07. The molecule has 3 heterocycles. The van der Waals surface area contributed by atoms with E-state index in [0.717, 1.165) is 5.70 Å². The number of nitrogens with one attached hydrogen (secondary N) is 1. The second-order valence-corrected chi connectivity index (χ2v) is 9.08. The van der Waals surface area contributed by atoms with Crippen LogP contribution in [-0.2, 0) is 9.53 Å². The summed E-state index contributed by atoms with van der Waals surface area (Å²) in [5.74, 6) is -0.458. The van der Waals surface area contributed by atoms with Crippen molar-refractivity contribution in [2.45, 2.75) is 51.8 Å². The van der Waals surface area contributed by atoms with Crippen LogP contribution in [0.25, 0.3) is 0 Å². The number of piperidine rings is 1. The lowest BCUT2D eigenvalue weighted by Crippen LogP contribution is -2.48. The molecule has 6 nitrogen and oxygen atoms in total. The number of aliphatic imine (C=N–C) groups is 1. The van der Waals surface area contributed by atoms with Crippen LogP contribution in [0.5, 0.6) is 0 Å². The van der Waals surface area contributed by atoms with E-state index in [1.807, 2.05) is 27.7 Å². The molecule has 7 heteroatoms. The first-order valence-corrected chi connectivity index (χ1v) is 9.71. The molecular formula is C21H26FN3O3. The fourth-order valence-electron chi connectivity index (χ4n) is 4.48. The number of likely N-dealkylation sites (tertiary alicyclic amines) is 1. The smallest absolute Gasteiger partial charge is 0.410 e. The number of carbonyl (C=O) groups excluding carboxylic acids is 2. The van der Waals surface area contributed by atoms with Gasteiger partial charge >= 0.3 is 6.09 Å². The van der Waals surface area contributed by atoms with Gasteiger partial charge in [-0.3, -0.25) is 9.79 Å². The summed E-state index contributed by atoms with van der Waals surface area (Å²) in [4.78, 5) is 30.7. The Labute approximate surface area is 164 Å². The van der Waals surface area contributed by atoms with E-state index in [1.54, 1.807) is 29.3 Å². The highest BCUT2D eigenvalue weighted by atomic mass is 19.1. The van der Waals surface area contributed by atoms with Gasteiger partial charge in [-0.05, 0) is 33.8 Å². The average molecular weight is 387 g/mol. The number of carbonyl (C=O) groups is 2. The second-order valence-electron chi connectivity index (χ2n) is 9.08. The number of halogens is 1. The fraction of sp³-hybridized carbons (Fsp3) is 0.571. The molecule has 1 aliphatic carbocycles. The van der Waals surface area contributed by atoms with E-state index >= 15 is 4.39 Å². The van der Waals surface area contributed by atoms with E-state index in [-0.39, 0.29) is 37.8 Å². The highest BCUT2D eigenvalue weighted by molar-refractivity contribution is 5.92. The molecule has 1 N–H and O–H groups in total. The minimum atomic E-state index is -1.59. The number of hydrogen-bond donors (Lipinski definition) is 1. The zero-order valence-electron chi connectivity index (χ0n) is 16.7. The summed E-state index contributed by atoms with van der Waals surface area (Å²) in [6.45, 7) is 7.94. The van der Waals surface area contributed by atoms with Crippen LogP contribution in [0.1, 0.15) is 40.5 Å². The average Bonchev–Trinajstić information content (AvgIpc) is 2.85. The molecule has 2 unspecified atom stereocenters. The Morgan fingerprint density at radius 2 is 2.04 bits per heavy atom. The van der Waals surface area contributed by atoms with Crippen LogP contribution in [0.2, 0.25) is 0 Å². The SMILES string of the molecule is CC(C)(C)OC(=O)N1CCC(F)(C2=C3N=CC=C4NC(=O)C(C=C2)C43C)CC1. The highest BCUT2D eigenvalue weighted by Gasteiger charge is 2.55. The second kappa shape index (κ2) is 6.03. The monoisotopic (exact) mass is 387 g/mol. The summed E-state index contributed by atoms with van der Waals surface area (Å²) in [5.41, 5.74) is -0.925. The van der Waals surface area contributed by atoms with Gasteiger partial charge in [-0.1, -0.05) is 12.2 Å². The van der Waals surface area contributed by atoms with Crippen LogP contribution < -0.4 is 5.32 Å². The van der Waals surface area contributed by atoms with Crippen molar-refractivity contribution in [3.63, 3.8) is 0 Å². The zero-order chi connectivity index (χ0) is 20.3. The predicted molar refractivity (Wildman–Crippen MR) is 103 cm³/mol. The molecule has 0 spiro atoms. The molecule has 2 amide bonds. The molecule has 28 heavy (non-hydrogen) atoms. The maximum absolute atomic E-state index is 16.1. The maximum atomic E-state index is 16.1. The molecule has 2 atom stereocenters. The first-order valence-electron chi connectivity index (χ1n) is 9.71. The van der Waals surface area contributed by atoms with Gasteiger partial charge in [0.25, 0.3) is 0 Å². The van der Waals surface area contributed by atoms with E-state index in [1.165, 1.54) is 0 Å². The number of allylic oxidation sites excluding steroid dienone is 3. The van der Waals surface area contributed by atoms with E-state index < -0.39 is 22.8 Å². The van der Waals surface area contributed by atoms with E-state index in [0.29, 0.717) is 11.3 Å². The molecule has 0 radical (unpaired) electrons. The number of dihydropyridines is 1. The summed E-state index contributed by atoms with van der Waals surface area (Å²) >= 11 is 0. The van der Waals surface area contributed by atoms with E-state index in [2.05, 4.69) is 10.3 Å². The number of hydrogen-bond acceptors (Lipinski definition) is 4. The molecule has 0 aromatic rings. The van der Waals surface area contributed by atoms with Gasteiger partial charge < -0.3 is 15.0 Å². The van der Waals surface area contributed by atoms with Gasteiger partial charge in [0, 0.05) is 43.4 Å². The molecule has 0 bridgehead atoms. The number of ether oxygens (including phenoxy) is 1. The van der Waals surface area contributed by atoms with Gasteiger partial charge in [0.2, 0.25) is 5.91 Å². The topological polar surface area (TPSA) is 71.0 Å². The van der Waals surface area contributed by atoms with Crippen molar-refractivity contribution in [3.05, 3.63) is 35.2 Å². The van der Waals surface area contributed by atoms with Crippen molar-refractivity contribution >= 4 is 18.2 Å². The van der Waals surface area contributed by atoms with Crippen molar-refractivity contribution in [1.29, 1.82) is 0 Å². The third kappa shape index (κ3) is 2.79. The standard InChI is InChI=1S/C21H26FN3O3/c1-19(2,3)28-18(27)25-11-8-21(22,9-12-25)13-5-6-14-17(26)24-15-7-10-23-16(13)20(14,15)4/h5-7,10,14H,8-9,11-12H2,1-4H3,(H,24,26). The predicted octanol–water partition coefficient (Wildman–Crippen LogP) is 3.27. The molecular weight excluding hydrogens is 361 g/mol. The maximum Gasteiger partial charge on any atom is 0.410 e. The first-order chi connectivity index (χ1) is 13.0. The summed E-state index contributed by atoms with van der Waals surface area (Å²) < 4.78 is 21.5. The minimum Gasteiger partial charge on any atom is -0.444 e. The van der Waals surface area contributed by atoms with Crippen LogP contribution in [-0.4, -0.2) is 47.5 Å². The molecule has 0 aromatic heterocycles. The molecule has 0 aromatic carbocycles. The highest BCUT2D eigenvalue weighted by Crippen LogP contribution is 2.54. The summed E-state index contributed by atoms with van der Waals surface area (Å²) in [6.07, 6.45) is 6.85. The van der Waals surface area contributed by atoms with Gasteiger partial charge in [0.05, 0.1) is 17.0 Å². The quantitative estimate of drug-likeness (QED) is 0.751. The summed E-state index contributed by atoms with van der Waals surface area (Å²) in [5, 5.41) is 2.90. The normalized spacial score (nSPS) is 30.8. The number of alkyl halides is 1. The third-order valence-electron chi connectivity index (χ3n) is 6.06. The largest absolute Gasteiger partial charge is 0.444 e. The van der Waals surface area contributed by atoms with Crippen LogP contribution in [0.15, 0.2) is 40.2 Å². The first kappa shape index (κ1) is 18.9. The van der Waals surface area contributed by atoms with E-state index in [9.17, 15) is 9.59 Å². The summed E-state index contributed by atoms with van der Waals surface area (Å²) in [6, 6.07) is 0. The van der Waals surface area contributed by atoms with Gasteiger partial charge in [0.15, 0.2) is 0 Å². The molecule has 150 valence electrons. The Bertz CT molecular complexity index is 857. The van der Waals surface area contributed by atoms with Crippen LogP contribution >= 0.6 is 0 Å². The van der Waals surface area contributed by atoms with Crippen LogP contribution in [0, 0.1) is 11.3 Å². The Hall–Kier alpha value is -2.44. The van der Waals surface area contributed by atoms with Crippen LogP contribution in [0.3, 0.4) is 0 Å². The Morgan fingerprint density at radius 3 is 2.68 bits per heavy atom. The number of rotatable bonds is 1. The Morgan fingerprint density at radius 1 is 1.36 bits per heavy atom.